The molecular formula is C13H29NOS. The van der Waals surface area contributed by atoms with Gasteiger partial charge in [-0.15, -0.1) is 0 Å². The topological polar surface area (TPSA) is 32.3 Å². The van der Waals surface area contributed by atoms with Crippen molar-refractivity contribution in [2.24, 2.45) is 5.92 Å². The highest BCUT2D eigenvalue weighted by atomic mass is 32.2. The van der Waals surface area contributed by atoms with Gasteiger partial charge in [0.15, 0.2) is 0 Å². The van der Waals surface area contributed by atoms with E-state index in [0.29, 0.717) is 23.3 Å². The Bertz CT molecular complexity index is 177. The summed E-state index contributed by atoms with van der Waals surface area (Å²) in [6, 6.07) is 0.464. The fourth-order valence-electron chi connectivity index (χ4n) is 1.40. The maximum Gasteiger partial charge on any atom is 0.0667 e. The minimum absolute atomic E-state index is 0.206. The van der Waals surface area contributed by atoms with Crippen LogP contribution in [0.1, 0.15) is 48.0 Å². The van der Waals surface area contributed by atoms with Gasteiger partial charge in [0, 0.05) is 23.1 Å². The third kappa shape index (κ3) is 10.8. The molecule has 0 bridgehead atoms. The second kappa shape index (κ2) is 7.57. The van der Waals surface area contributed by atoms with Gasteiger partial charge in [-0.3, -0.25) is 0 Å². The van der Waals surface area contributed by atoms with Crippen LogP contribution in [0.25, 0.3) is 0 Å². The van der Waals surface area contributed by atoms with Gasteiger partial charge < -0.3 is 10.4 Å². The Hall–Kier alpha value is 0.270. The van der Waals surface area contributed by atoms with Crippen molar-refractivity contribution in [1.82, 2.24) is 5.32 Å². The molecule has 0 aliphatic heterocycles. The fraction of sp³-hybridized carbons (Fsp3) is 1.00. The van der Waals surface area contributed by atoms with Gasteiger partial charge in [-0.1, -0.05) is 34.6 Å². The minimum atomic E-state index is -0.206. The summed E-state index contributed by atoms with van der Waals surface area (Å²) in [6.07, 6.45) is 0.675. The van der Waals surface area contributed by atoms with E-state index in [-0.39, 0.29) is 6.10 Å². The summed E-state index contributed by atoms with van der Waals surface area (Å²) in [5.74, 6) is 1.66. The third-order valence-electron chi connectivity index (χ3n) is 2.21. The van der Waals surface area contributed by atoms with E-state index in [1.807, 2.05) is 11.8 Å². The van der Waals surface area contributed by atoms with Crippen molar-refractivity contribution < 1.29 is 5.11 Å². The molecule has 2 N–H and O–H groups in total. The molecule has 0 heterocycles. The molecule has 98 valence electrons. The van der Waals surface area contributed by atoms with E-state index in [9.17, 15) is 5.11 Å². The summed E-state index contributed by atoms with van der Waals surface area (Å²) >= 11 is 1.96. The molecule has 0 aromatic heterocycles. The highest BCUT2D eigenvalue weighted by molar-refractivity contribution is 8.00. The highest BCUT2D eigenvalue weighted by Gasteiger charge is 2.14. The van der Waals surface area contributed by atoms with Gasteiger partial charge in [-0.25, -0.2) is 0 Å². The monoisotopic (exact) mass is 247 g/mol. The van der Waals surface area contributed by atoms with E-state index in [4.69, 9.17) is 0 Å². The number of hydrogen-bond donors (Lipinski definition) is 2. The van der Waals surface area contributed by atoms with E-state index in [2.05, 4.69) is 46.9 Å². The normalized spacial score (nSPS) is 16.5. The lowest BCUT2D eigenvalue weighted by Gasteiger charge is -2.22. The molecule has 2 nitrogen and oxygen atoms in total. The second-order valence-corrected chi connectivity index (χ2v) is 7.86. The number of hydrogen-bond acceptors (Lipinski definition) is 3. The molecule has 0 amide bonds. The van der Waals surface area contributed by atoms with E-state index in [1.54, 1.807) is 0 Å². The maximum absolute atomic E-state index is 9.73. The number of rotatable bonds is 7. The quantitative estimate of drug-likeness (QED) is 0.725. The molecule has 0 aliphatic rings. The Morgan fingerprint density at radius 2 is 1.75 bits per heavy atom. The van der Waals surface area contributed by atoms with Crippen LogP contribution in [0.5, 0.6) is 0 Å². The Balaban J connectivity index is 3.61. The SMILES string of the molecule is CC(C)CC(O)CNC(C)CSC(C)(C)C. The van der Waals surface area contributed by atoms with Crippen LogP contribution < -0.4 is 5.32 Å². The lowest BCUT2D eigenvalue weighted by atomic mass is 10.1. The molecule has 2 atom stereocenters. The summed E-state index contributed by atoms with van der Waals surface area (Å²) in [7, 11) is 0. The lowest BCUT2D eigenvalue weighted by molar-refractivity contribution is 0.144. The van der Waals surface area contributed by atoms with Crippen LogP contribution >= 0.6 is 11.8 Å². The average molecular weight is 247 g/mol. The Morgan fingerprint density at radius 3 is 2.19 bits per heavy atom. The summed E-state index contributed by atoms with van der Waals surface area (Å²) in [6.45, 7) is 13.9. The Kier molecular flexibility index (Phi) is 7.70. The molecule has 0 spiro atoms. The van der Waals surface area contributed by atoms with Crippen LogP contribution in [0.2, 0.25) is 0 Å². The van der Waals surface area contributed by atoms with Gasteiger partial charge in [-0.2, -0.15) is 11.8 Å². The predicted octanol–water partition coefficient (Wildman–Crippen LogP) is 2.90. The molecule has 0 radical (unpaired) electrons. The minimum Gasteiger partial charge on any atom is -0.392 e. The molecule has 0 aliphatic carbocycles. The van der Waals surface area contributed by atoms with Crippen LogP contribution in [0.3, 0.4) is 0 Å². The van der Waals surface area contributed by atoms with Crippen molar-refractivity contribution >= 4 is 11.8 Å². The molecule has 0 rings (SSSR count). The molecule has 0 saturated heterocycles. The summed E-state index contributed by atoms with van der Waals surface area (Å²) < 4.78 is 0.326. The Morgan fingerprint density at radius 1 is 1.19 bits per heavy atom. The van der Waals surface area contributed by atoms with Crippen molar-refractivity contribution in [3.63, 3.8) is 0 Å². The van der Waals surface area contributed by atoms with Crippen LogP contribution in [0, 0.1) is 5.92 Å². The fourth-order valence-corrected chi connectivity index (χ4v) is 2.27. The van der Waals surface area contributed by atoms with E-state index in [0.717, 1.165) is 12.2 Å². The largest absolute Gasteiger partial charge is 0.392 e. The zero-order chi connectivity index (χ0) is 12.8. The molecule has 3 heteroatoms. The van der Waals surface area contributed by atoms with Gasteiger partial charge in [-0.05, 0) is 19.3 Å². The smallest absolute Gasteiger partial charge is 0.0667 e. The van der Waals surface area contributed by atoms with Crippen LogP contribution in [-0.4, -0.2) is 34.3 Å². The lowest BCUT2D eigenvalue weighted by Crippen LogP contribution is -2.36. The summed E-state index contributed by atoms with van der Waals surface area (Å²) in [5.41, 5.74) is 0. The first-order valence-corrected chi connectivity index (χ1v) is 7.24. The summed E-state index contributed by atoms with van der Waals surface area (Å²) in [5, 5.41) is 13.1. The molecule has 16 heavy (non-hydrogen) atoms. The standard InChI is InChI=1S/C13H29NOS/c1-10(2)7-12(15)8-14-11(3)9-16-13(4,5)6/h10-12,14-15H,7-9H2,1-6H3. The first-order valence-electron chi connectivity index (χ1n) is 6.26. The van der Waals surface area contributed by atoms with Crippen molar-refractivity contribution in [3.05, 3.63) is 0 Å². The van der Waals surface area contributed by atoms with Crippen molar-refractivity contribution in [2.75, 3.05) is 12.3 Å². The number of nitrogens with one attached hydrogen (secondary N) is 1. The number of thioether (sulfide) groups is 1. The van der Waals surface area contributed by atoms with Crippen molar-refractivity contribution in [1.29, 1.82) is 0 Å². The average Bonchev–Trinajstić information content (AvgIpc) is 2.09. The molecule has 0 aromatic rings. The van der Waals surface area contributed by atoms with Gasteiger partial charge in [0.05, 0.1) is 6.10 Å². The first-order chi connectivity index (χ1) is 7.20. The van der Waals surface area contributed by atoms with Gasteiger partial charge >= 0.3 is 0 Å². The van der Waals surface area contributed by atoms with Crippen LogP contribution in [0.4, 0.5) is 0 Å². The maximum atomic E-state index is 9.73. The van der Waals surface area contributed by atoms with E-state index in [1.165, 1.54) is 0 Å². The number of aliphatic hydroxyl groups is 1. The van der Waals surface area contributed by atoms with E-state index >= 15 is 0 Å². The molecule has 0 saturated carbocycles. The first kappa shape index (κ1) is 16.3. The zero-order valence-corrected chi connectivity index (χ0v) is 12.5. The van der Waals surface area contributed by atoms with Gasteiger partial charge in [0.25, 0.3) is 0 Å². The third-order valence-corrected chi connectivity index (χ3v) is 3.74. The summed E-state index contributed by atoms with van der Waals surface area (Å²) in [4.78, 5) is 0. The van der Waals surface area contributed by atoms with E-state index < -0.39 is 0 Å². The van der Waals surface area contributed by atoms with Crippen molar-refractivity contribution in [2.45, 2.75) is 64.9 Å². The number of aliphatic hydroxyl groups excluding tert-OH is 1. The van der Waals surface area contributed by atoms with Crippen molar-refractivity contribution in [3.8, 4) is 0 Å². The Labute approximate surface area is 106 Å². The van der Waals surface area contributed by atoms with Crippen LogP contribution in [0.15, 0.2) is 0 Å². The molecular weight excluding hydrogens is 218 g/mol. The van der Waals surface area contributed by atoms with Crippen LogP contribution in [-0.2, 0) is 0 Å². The molecule has 2 unspecified atom stereocenters. The molecule has 0 fully saturated rings. The highest BCUT2D eigenvalue weighted by Crippen LogP contribution is 2.23. The van der Waals surface area contributed by atoms with Gasteiger partial charge in [0.1, 0.15) is 0 Å². The second-order valence-electron chi connectivity index (χ2n) is 6.02. The predicted molar refractivity (Wildman–Crippen MR) is 75.1 cm³/mol. The van der Waals surface area contributed by atoms with Gasteiger partial charge in [0.2, 0.25) is 0 Å². The zero-order valence-electron chi connectivity index (χ0n) is 11.7. The molecule has 0 aromatic carbocycles.